The van der Waals surface area contributed by atoms with Gasteiger partial charge in [-0.3, -0.25) is 9.59 Å². The van der Waals surface area contributed by atoms with Crippen LogP contribution in [0.15, 0.2) is 45.6 Å². The summed E-state index contributed by atoms with van der Waals surface area (Å²) in [4.78, 5) is 30.6. The molecule has 4 rings (SSSR count). The summed E-state index contributed by atoms with van der Waals surface area (Å²) in [5.74, 6) is 0.111. The van der Waals surface area contributed by atoms with E-state index in [0.717, 1.165) is 29.9 Å². The Bertz CT molecular complexity index is 1320. The van der Waals surface area contributed by atoms with Crippen LogP contribution in [0.3, 0.4) is 0 Å². The van der Waals surface area contributed by atoms with E-state index in [4.69, 9.17) is 19.2 Å². The van der Waals surface area contributed by atoms with Crippen LogP contribution < -0.4 is 15.1 Å². The molecule has 0 saturated carbocycles. The highest BCUT2D eigenvalue weighted by Crippen LogP contribution is 2.34. The van der Waals surface area contributed by atoms with Crippen LogP contribution in [-0.4, -0.2) is 35.8 Å². The number of hydrogen-bond donors (Lipinski definition) is 1. The second-order valence-corrected chi connectivity index (χ2v) is 7.77. The third-order valence-corrected chi connectivity index (χ3v) is 5.63. The Morgan fingerprint density at radius 2 is 1.91 bits per heavy atom. The first kappa shape index (κ1) is 21.6. The lowest BCUT2D eigenvalue weighted by Gasteiger charge is -2.22. The van der Waals surface area contributed by atoms with E-state index < -0.39 is 5.97 Å². The molecule has 2 aromatic carbocycles. The first-order valence-electron chi connectivity index (χ1n) is 10.8. The fraction of sp³-hybridized carbons (Fsp3) is 0.320. The first-order valence-corrected chi connectivity index (χ1v) is 10.8. The van der Waals surface area contributed by atoms with E-state index in [1.54, 1.807) is 18.2 Å². The minimum Gasteiger partial charge on any atom is -0.494 e. The van der Waals surface area contributed by atoms with Crippen LogP contribution in [0.25, 0.3) is 33.3 Å². The molecular weight excluding hydrogens is 408 g/mol. The lowest BCUT2D eigenvalue weighted by Crippen LogP contribution is -2.21. The number of rotatable bonds is 8. The molecular formula is C25H26N2O5. The van der Waals surface area contributed by atoms with Crippen molar-refractivity contribution in [2.75, 3.05) is 24.6 Å². The number of hydrogen-bond acceptors (Lipinski definition) is 6. The molecule has 7 heteroatoms. The second kappa shape index (κ2) is 8.86. The molecule has 7 nitrogen and oxygen atoms in total. The van der Waals surface area contributed by atoms with Crippen molar-refractivity contribution < 1.29 is 19.1 Å². The standard InChI is InChI=1S/C25H26N2O5/c1-4-27(5-2)16-11-15(3)24-21(12-16)32-22-14-20(28)19-13-17(31-10-6-7-23(29)30)8-9-18(19)25(22)26-24/h8-9,11-14H,4-7,10H2,1-3H3,(H,29,30). The van der Waals surface area contributed by atoms with Crippen LogP contribution in [0.5, 0.6) is 5.75 Å². The number of aliphatic carboxylic acids is 1. The van der Waals surface area contributed by atoms with Gasteiger partial charge in [0.25, 0.3) is 0 Å². The maximum absolute atomic E-state index is 12.8. The summed E-state index contributed by atoms with van der Waals surface area (Å²) < 4.78 is 11.8. The van der Waals surface area contributed by atoms with E-state index in [1.165, 1.54) is 6.07 Å². The zero-order chi connectivity index (χ0) is 22.8. The average molecular weight is 434 g/mol. The van der Waals surface area contributed by atoms with Crippen molar-refractivity contribution in [3.63, 3.8) is 0 Å². The SMILES string of the molecule is CCN(CC)c1cc(C)c2nc3c4ccc(OCCCC(=O)O)cc4c(=O)cc-3oc2c1. The van der Waals surface area contributed by atoms with Crippen molar-refractivity contribution in [3.05, 3.63) is 52.2 Å². The molecule has 0 bridgehead atoms. The van der Waals surface area contributed by atoms with Gasteiger partial charge in [0.05, 0.1) is 6.61 Å². The van der Waals surface area contributed by atoms with Crippen molar-refractivity contribution in [1.82, 2.24) is 4.98 Å². The molecule has 32 heavy (non-hydrogen) atoms. The number of carboxylic acid groups (broad SMARTS) is 1. The Morgan fingerprint density at radius 3 is 2.62 bits per heavy atom. The second-order valence-electron chi connectivity index (χ2n) is 7.77. The molecule has 0 aromatic heterocycles. The molecule has 0 saturated heterocycles. The molecule has 1 aliphatic carbocycles. The molecule has 1 N–H and O–H groups in total. The average Bonchev–Trinajstić information content (AvgIpc) is 2.77. The molecule has 2 aromatic rings. The van der Waals surface area contributed by atoms with Gasteiger partial charge in [0.2, 0.25) is 0 Å². The van der Waals surface area contributed by atoms with Gasteiger partial charge in [0.15, 0.2) is 16.8 Å². The van der Waals surface area contributed by atoms with Crippen molar-refractivity contribution in [3.8, 4) is 17.2 Å². The molecule has 0 unspecified atom stereocenters. The zero-order valence-electron chi connectivity index (χ0n) is 18.5. The largest absolute Gasteiger partial charge is 0.494 e. The van der Waals surface area contributed by atoms with Crippen LogP contribution in [0, 0.1) is 6.92 Å². The van der Waals surface area contributed by atoms with Gasteiger partial charge in [-0.25, -0.2) is 4.98 Å². The quantitative estimate of drug-likeness (QED) is 0.241. The van der Waals surface area contributed by atoms with E-state index in [2.05, 4.69) is 24.8 Å². The number of anilines is 1. The lowest BCUT2D eigenvalue weighted by molar-refractivity contribution is -0.137. The van der Waals surface area contributed by atoms with Gasteiger partial charge in [-0.05, 0) is 57.0 Å². The Kier molecular flexibility index (Phi) is 5.99. The molecule has 2 aliphatic rings. The summed E-state index contributed by atoms with van der Waals surface area (Å²) in [6.07, 6.45) is 0.440. The number of carboxylic acids is 1. The lowest BCUT2D eigenvalue weighted by atomic mass is 10.0. The summed E-state index contributed by atoms with van der Waals surface area (Å²) in [5.41, 5.74) is 3.94. The predicted octanol–water partition coefficient (Wildman–Crippen LogP) is 4.84. The van der Waals surface area contributed by atoms with E-state index in [1.807, 2.05) is 13.0 Å². The smallest absolute Gasteiger partial charge is 0.303 e. The number of aromatic nitrogens is 1. The highest BCUT2D eigenvalue weighted by atomic mass is 16.5. The number of nitrogens with zero attached hydrogens (tertiary/aromatic N) is 2. The molecule has 0 atom stereocenters. The number of carbonyl (C=O) groups is 1. The van der Waals surface area contributed by atoms with Crippen LogP contribution in [-0.2, 0) is 4.79 Å². The minimum atomic E-state index is -0.859. The number of aryl methyl sites for hydroxylation is 1. The van der Waals surface area contributed by atoms with Crippen LogP contribution in [0.1, 0.15) is 32.3 Å². The number of benzene rings is 3. The summed E-state index contributed by atoms with van der Waals surface area (Å²) in [5, 5.41) is 9.93. The van der Waals surface area contributed by atoms with E-state index in [-0.39, 0.29) is 18.5 Å². The fourth-order valence-corrected chi connectivity index (χ4v) is 3.98. The molecule has 166 valence electrons. The first-order chi connectivity index (χ1) is 15.4. The summed E-state index contributed by atoms with van der Waals surface area (Å²) in [6, 6.07) is 10.8. The molecule has 0 amide bonds. The topological polar surface area (TPSA) is 92.9 Å². The zero-order valence-corrected chi connectivity index (χ0v) is 18.5. The minimum absolute atomic E-state index is 0.0405. The summed E-state index contributed by atoms with van der Waals surface area (Å²) in [6.45, 7) is 8.28. The molecule has 1 aliphatic heterocycles. The summed E-state index contributed by atoms with van der Waals surface area (Å²) >= 11 is 0. The Hall–Kier alpha value is -3.61. The van der Waals surface area contributed by atoms with Crippen molar-refractivity contribution in [1.29, 1.82) is 0 Å². The normalized spacial score (nSPS) is 11.3. The van der Waals surface area contributed by atoms with Gasteiger partial charge in [-0.15, -0.1) is 0 Å². The number of ether oxygens (including phenoxy) is 1. The van der Waals surface area contributed by atoms with Gasteiger partial charge in [0.1, 0.15) is 17.0 Å². The monoisotopic (exact) mass is 434 g/mol. The Labute approximate surface area is 185 Å². The van der Waals surface area contributed by atoms with Gasteiger partial charge in [0, 0.05) is 48.1 Å². The van der Waals surface area contributed by atoms with Gasteiger partial charge >= 0.3 is 5.97 Å². The van der Waals surface area contributed by atoms with Gasteiger partial charge in [-0.2, -0.15) is 0 Å². The van der Waals surface area contributed by atoms with Gasteiger partial charge < -0.3 is 19.2 Å². The molecule has 1 heterocycles. The maximum atomic E-state index is 12.8. The maximum Gasteiger partial charge on any atom is 0.303 e. The predicted molar refractivity (Wildman–Crippen MR) is 125 cm³/mol. The third-order valence-electron chi connectivity index (χ3n) is 5.63. The fourth-order valence-electron chi connectivity index (χ4n) is 3.98. The molecule has 0 fully saturated rings. The third kappa shape index (κ3) is 4.10. The summed E-state index contributed by atoms with van der Waals surface area (Å²) in [7, 11) is 0. The Morgan fingerprint density at radius 1 is 1.12 bits per heavy atom. The van der Waals surface area contributed by atoms with E-state index >= 15 is 0 Å². The van der Waals surface area contributed by atoms with Gasteiger partial charge in [-0.1, -0.05) is 0 Å². The van der Waals surface area contributed by atoms with E-state index in [0.29, 0.717) is 40.0 Å². The van der Waals surface area contributed by atoms with Crippen LogP contribution in [0.2, 0.25) is 0 Å². The van der Waals surface area contributed by atoms with Crippen molar-refractivity contribution in [2.24, 2.45) is 0 Å². The van der Waals surface area contributed by atoms with Crippen LogP contribution in [0.4, 0.5) is 5.69 Å². The van der Waals surface area contributed by atoms with Crippen LogP contribution >= 0.6 is 0 Å². The Balaban J connectivity index is 1.79. The van der Waals surface area contributed by atoms with Crippen molar-refractivity contribution >= 4 is 33.5 Å². The molecule has 0 radical (unpaired) electrons. The van der Waals surface area contributed by atoms with Crippen molar-refractivity contribution in [2.45, 2.75) is 33.6 Å². The highest BCUT2D eigenvalue weighted by molar-refractivity contribution is 5.97. The highest BCUT2D eigenvalue weighted by Gasteiger charge is 2.18. The van der Waals surface area contributed by atoms with E-state index in [9.17, 15) is 9.59 Å². The molecule has 0 spiro atoms. The number of fused-ring (bicyclic) bond motifs is 4.